The molecule has 1 N–H and O–H groups in total. The van der Waals surface area contributed by atoms with Crippen molar-refractivity contribution in [3.8, 4) is 0 Å². The third-order valence-electron chi connectivity index (χ3n) is 4.60. The van der Waals surface area contributed by atoms with Crippen molar-refractivity contribution in [1.29, 1.82) is 0 Å². The van der Waals surface area contributed by atoms with E-state index in [1.807, 2.05) is 6.92 Å². The summed E-state index contributed by atoms with van der Waals surface area (Å²) < 4.78 is 13.0. The molecule has 0 spiro atoms. The number of nitrogens with zero attached hydrogens (tertiary/aromatic N) is 2. The number of aliphatic hydroxyl groups is 1. The number of aromatic nitrogens is 1. The van der Waals surface area contributed by atoms with E-state index in [4.69, 9.17) is 0 Å². The third-order valence-corrected chi connectivity index (χ3v) is 5.65. The van der Waals surface area contributed by atoms with Crippen molar-refractivity contribution < 1.29 is 9.50 Å². The predicted octanol–water partition coefficient (Wildman–Crippen LogP) is 3.99. The summed E-state index contributed by atoms with van der Waals surface area (Å²) in [5, 5.41) is 11.6. The summed E-state index contributed by atoms with van der Waals surface area (Å²) in [5.41, 5.74) is 1.92. The highest BCUT2D eigenvalue weighted by molar-refractivity contribution is 7.11. The van der Waals surface area contributed by atoms with E-state index >= 15 is 0 Å². The molecule has 0 aliphatic carbocycles. The Morgan fingerprint density at radius 1 is 1.35 bits per heavy atom. The largest absolute Gasteiger partial charge is 0.388 e. The number of hydrogen-bond donors (Lipinski definition) is 1. The Hall–Kier alpha value is -1.30. The SMILES string of the molecule is Cc1nc(C)c(CN2CCCC2CC(O)c2ccc(F)cc2)s1. The second-order valence-corrected chi connectivity index (χ2v) is 7.60. The molecule has 0 saturated carbocycles. The van der Waals surface area contributed by atoms with Crippen LogP contribution in [0.1, 0.15) is 46.5 Å². The second kappa shape index (κ2) is 7.07. The molecule has 0 bridgehead atoms. The van der Waals surface area contributed by atoms with E-state index in [9.17, 15) is 9.50 Å². The van der Waals surface area contributed by atoms with Gasteiger partial charge in [-0.25, -0.2) is 9.37 Å². The van der Waals surface area contributed by atoms with E-state index in [1.54, 1.807) is 23.5 Å². The molecular weight excluding hydrogens is 311 g/mol. The number of aliphatic hydroxyl groups excluding tert-OH is 1. The molecule has 1 saturated heterocycles. The third kappa shape index (κ3) is 3.97. The van der Waals surface area contributed by atoms with Gasteiger partial charge >= 0.3 is 0 Å². The zero-order valence-electron chi connectivity index (χ0n) is 13.6. The molecule has 2 unspecified atom stereocenters. The standard InChI is InChI=1S/C18H23FN2OS/c1-12-18(23-13(2)20-12)11-21-9-3-4-16(21)10-17(22)14-5-7-15(19)8-6-14/h5-8,16-17,22H,3-4,9-11H2,1-2H3. The van der Waals surface area contributed by atoms with Crippen molar-refractivity contribution in [3.63, 3.8) is 0 Å². The first-order valence-corrected chi connectivity index (χ1v) is 8.95. The molecule has 1 aliphatic rings. The second-order valence-electron chi connectivity index (χ2n) is 6.31. The fourth-order valence-corrected chi connectivity index (χ4v) is 4.32. The first-order valence-electron chi connectivity index (χ1n) is 8.13. The van der Waals surface area contributed by atoms with Crippen LogP contribution in [0, 0.1) is 19.7 Å². The minimum atomic E-state index is -0.537. The van der Waals surface area contributed by atoms with Crippen LogP contribution in [0.5, 0.6) is 0 Å². The fourth-order valence-electron chi connectivity index (χ4n) is 3.35. The first-order chi connectivity index (χ1) is 11.0. The van der Waals surface area contributed by atoms with E-state index in [1.165, 1.54) is 17.0 Å². The number of rotatable bonds is 5. The summed E-state index contributed by atoms with van der Waals surface area (Å²) in [5.74, 6) is -0.264. The summed E-state index contributed by atoms with van der Waals surface area (Å²) in [6.07, 6.45) is 2.43. The Bertz CT molecular complexity index is 656. The van der Waals surface area contributed by atoms with Crippen molar-refractivity contribution in [3.05, 3.63) is 51.2 Å². The Labute approximate surface area is 140 Å². The smallest absolute Gasteiger partial charge is 0.123 e. The maximum atomic E-state index is 13.0. The van der Waals surface area contributed by atoms with E-state index in [0.717, 1.165) is 42.2 Å². The summed E-state index contributed by atoms with van der Waals surface area (Å²) in [6.45, 7) is 6.09. The van der Waals surface area contributed by atoms with Crippen LogP contribution in [-0.4, -0.2) is 27.6 Å². The quantitative estimate of drug-likeness (QED) is 0.898. The summed E-state index contributed by atoms with van der Waals surface area (Å²) in [6, 6.07) is 6.55. The number of halogens is 1. The highest BCUT2D eigenvalue weighted by Crippen LogP contribution is 2.30. The Morgan fingerprint density at radius 2 is 2.09 bits per heavy atom. The maximum absolute atomic E-state index is 13.0. The normalized spacial score (nSPS) is 20.1. The van der Waals surface area contributed by atoms with Crippen LogP contribution < -0.4 is 0 Å². The van der Waals surface area contributed by atoms with Gasteiger partial charge < -0.3 is 5.11 Å². The molecule has 124 valence electrons. The minimum Gasteiger partial charge on any atom is -0.388 e. The Balaban J connectivity index is 1.64. The number of thiazole rings is 1. The van der Waals surface area contributed by atoms with Gasteiger partial charge in [-0.05, 0) is 57.4 Å². The van der Waals surface area contributed by atoms with E-state index in [0.29, 0.717) is 12.5 Å². The first kappa shape index (κ1) is 16.6. The van der Waals surface area contributed by atoms with Gasteiger partial charge in [0, 0.05) is 17.5 Å². The van der Waals surface area contributed by atoms with Crippen molar-refractivity contribution >= 4 is 11.3 Å². The molecule has 3 nitrogen and oxygen atoms in total. The molecule has 1 aromatic heterocycles. The van der Waals surface area contributed by atoms with Gasteiger partial charge in [-0.3, -0.25) is 4.90 Å². The van der Waals surface area contributed by atoms with E-state index < -0.39 is 6.10 Å². The molecule has 1 aliphatic heterocycles. The van der Waals surface area contributed by atoms with Gasteiger partial charge in [-0.2, -0.15) is 0 Å². The summed E-state index contributed by atoms with van der Waals surface area (Å²) >= 11 is 1.76. The van der Waals surface area contributed by atoms with Crippen LogP contribution in [0.4, 0.5) is 4.39 Å². The van der Waals surface area contributed by atoms with Crippen LogP contribution >= 0.6 is 11.3 Å². The van der Waals surface area contributed by atoms with Crippen molar-refractivity contribution in [1.82, 2.24) is 9.88 Å². The molecule has 2 atom stereocenters. The van der Waals surface area contributed by atoms with Crippen molar-refractivity contribution in [2.24, 2.45) is 0 Å². The number of likely N-dealkylation sites (tertiary alicyclic amines) is 1. The zero-order valence-corrected chi connectivity index (χ0v) is 14.4. The summed E-state index contributed by atoms with van der Waals surface area (Å²) in [7, 11) is 0. The van der Waals surface area contributed by atoms with Crippen LogP contribution in [-0.2, 0) is 6.54 Å². The van der Waals surface area contributed by atoms with Gasteiger partial charge in [0.05, 0.1) is 16.8 Å². The molecule has 5 heteroatoms. The highest BCUT2D eigenvalue weighted by atomic mass is 32.1. The Kier molecular flexibility index (Phi) is 5.09. The average Bonchev–Trinajstić information content (AvgIpc) is 3.07. The lowest BCUT2D eigenvalue weighted by atomic mass is 10.0. The molecule has 0 radical (unpaired) electrons. The van der Waals surface area contributed by atoms with Gasteiger partial charge in [-0.1, -0.05) is 12.1 Å². The lowest BCUT2D eigenvalue weighted by Crippen LogP contribution is -2.30. The van der Waals surface area contributed by atoms with Crippen molar-refractivity contribution in [2.45, 2.75) is 51.8 Å². The molecule has 23 heavy (non-hydrogen) atoms. The summed E-state index contributed by atoms with van der Waals surface area (Å²) in [4.78, 5) is 8.28. The molecular formula is C18H23FN2OS. The van der Waals surface area contributed by atoms with E-state index in [2.05, 4.69) is 16.8 Å². The molecule has 2 aromatic rings. The number of aryl methyl sites for hydroxylation is 2. The van der Waals surface area contributed by atoms with Gasteiger partial charge in [0.15, 0.2) is 0 Å². The average molecular weight is 334 g/mol. The maximum Gasteiger partial charge on any atom is 0.123 e. The van der Waals surface area contributed by atoms with Gasteiger partial charge in [0.25, 0.3) is 0 Å². The van der Waals surface area contributed by atoms with E-state index in [-0.39, 0.29) is 5.82 Å². The van der Waals surface area contributed by atoms with Crippen molar-refractivity contribution in [2.75, 3.05) is 6.54 Å². The number of hydrogen-bond acceptors (Lipinski definition) is 4. The molecule has 0 amide bonds. The lowest BCUT2D eigenvalue weighted by molar-refractivity contribution is 0.118. The minimum absolute atomic E-state index is 0.264. The van der Waals surface area contributed by atoms with Gasteiger partial charge in [-0.15, -0.1) is 11.3 Å². The molecule has 1 fully saturated rings. The van der Waals surface area contributed by atoms with Crippen LogP contribution in [0.2, 0.25) is 0 Å². The van der Waals surface area contributed by atoms with Crippen LogP contribution in [0.3, 0.4) is 0 Å². The Morgan fingerprint density at radius 3 is 2.74 bits per heavy atom. The molecule has 2 heterocycles. The number of benzene rings is 1. The van der Waals surface area contributed by atoms with Gasteiger partial charge in [0.1, 0.15) is 5.82 Å². The van der Waals surface area contributed by atoms with Gasteiger partial charge in [0.2, 0.25) is 0 Å². The highest BCUT2D eigenvalue weighted by Gasteiger charge is 2.28. The van der Waals surface area contributed by atoms with Crippen LogP contribution in [0.25, 0.3) is 0 Å². The topological polar surface area (TPSA) is 36.4 Å². The fraction of sp³-hybridized carbons (Fsp3) is 0.500. The zero-order chi connectivity index (χ0) is 16.4. The predicted molar refractivity (Wildman–Crippen MR) is 91.0 cm³/mol. The van der Waals surface area contributed by atoms with Crippen LogP contribution in [0.15, 0.2) is 24.3 Å². The molecule has 3 rings (SSSR count). The monoisotopic (exact) mass is 334 g/mol. The molecule has 1 aromatic carbocycles. The lowest BCUT2D eigenvalue weighted by Gasteiger charge is -2.26.